The second kappa shape index (κ2) is 7.88. The molecule has 8 rings (SSSR count). The van der Waals surface area contributed by atoms with Gasteiger partial charge in [-0.2, -0.15) is 10.0 Å². The van der Waals surface area contributed by atoms with Gasteiger partial charge in [0.05, 0.1) is 23.7 Å². The minimum atomic E-state index is -0.735. The Labute approximate surface area is 215 Å². The van der Waals surface area contributed by atoms with Crippen LogP contribution in [0.25, 0.3) is 0 Å². The molecule has 2 aliphatic heterocycles. The van der Waals surface area contributed by atoms with Crippen LogP contribution < -0.4 is 10.9 Å². The van der Waals surface area contributed by atoms with Gasteiger partial charge in [0.2, 0.25) is 0 Å². The summed E-state index contributed by atoms with van der Waals surface area (Å²) in [5.74, 6) is -7.66. The first-order valence-corrected chi connectivity index (χ1v) is 12.2. The average Bonchev–Trinajstić information content (AvgIpc) is 3.29. The first-order chi connectivity index (χ1) is 18.4. The van der Waals surface area contributed by atoms with E-state index in [1.807, 2.05) is 12.2 Å². The molecule has 4 fully saturated rings. The number of hydrogen-bond acceptors (Lipinski definition) is 8. The van der Waals surface area contributed by atoms with Crippen molar-refractivity contribution < 1.29 is 28.8 Å². The van der Waals surface area contributed by atoms with Crippen LogP contribution in [0.1, 0.15) is 20.7 Å². The smallest absolute Gasteiger partial charge is 0.270 e. The molecule has 2 N–H and O–H groups in total. The van der Waals surface area contributed by atoms with Crippen LogP contribution in [0.2, 0.25) is 0 Å². The molecule has 0 unspecified atom stereocenters. The maximum absolute atomic E-state index is 13.4. The van der Waals surface area contributed by atoms with E-state index in [0.29, 0.717) is 0 Å². The summed E-state index contributed by atoms with van der Waals surface area (Å²) in [4.78, 5) is 86.4. The lowest BCUT2D eigenvalue weighted by Gasteiger charge is -2.60. The zero-order valence-corrected chi connectivity index (χ0v) is 19.6. The molecule has 2 aromatic heterocycles. The molecule has 0 radical (unpaired) electrons. The summed E-state index contributed by atoms with van der Waals surface area (Å²) in [6.07, 6.45) is 9.44. The molecule has 6 aliphatic rings. The fourth-order valence-corrected chi connectivity index (χ4v) is 7.16. The number of aromatic nitrogens is 2. The molecule has 4 aliphatic carbocycles. The minimum absolute atomic E-state index is 0.247. The summed E-state index contributed by atoms with van der Waals surface area (Å²) >= 11 is 0. The van der Waals surface area contributed by atoms with Crippen LogP contribution in [0.3, 0.4) is 0 Å². The van der Waals surface area contributed by atoms with E-state index in [1.54, 1.807) is 0 Å². The van der Waals surface area contributed by atoms with Crippen molar-refractivity contribution in [1.29, 1.82) is 0 Å². The zero-order chi connectivity index (χ0) is 26.3. The van der Waals surface area contributed by atoms with Gasteiger partial charge in [-0.15, -0.1) is 0 Å². The SMILES string of the molecule is O=C(NN1C(=O)[C@@H]2[C@@H](C1=O)[C@@H]1[C@@H]3C=C[C@@H]([C@@H]4C(=O)N(NC(=O)c5ccncc5)C(=O)[C@H]34)[C@H]21)c1ccncc1. The van der Waals surface area contributed by atoms with E-state index in [-0.39, 0.29) is 23.0 Å². The molecule has 4 heterocycles. The van der Waals surface area contributed by atoms with E-state index in [9.17, 15) is 28.8 Å². The Bertz CT molecular complexity index is 1410. The largest absolute Gasteiger partial charge is 0.272 e. The molecule has 2 saturated carbocycles. The lowest BCUT2D eigenvalue weighted by molar-refractivity contribution is -0.166. The Morgan fingerprint density at radius 1 is 0.579 bits per heavy atom. The van der Waals surface area contributed by atoms with Gasteiger partial charge in [0.1, 0.15) is 0 Å². The number of carbonyl (C=O) groups excluding carboxylic acids is 6. The molecule has 6 amide bonds. The van der Waals surface area contributed by atoms with Gasteiger partial charge in [0.15, 0.2) is 0 Å². The molecule has 12 heteroatoms. The third-order valence-corrected chi connectivity index (χ3v) is 8.66. The molecule has 0 aromatic carbocycles. The Morgan fingerprint density at radius 3 is 1.29 bits per heavy atom. The van der Waals surface area contributed by atoms with E-state index in [4.69, 9.17) is 0 Å². The van der Waals surface area contributed by atoms with Crippen molar-refractivity contribution in [2.45, 2.75) is 0 Å². The van der Waals surface area contributed by atoms with Gasteiger partial charge in [-0.25, -0.2) is 0 Å². The maximum atomic E-state index is 13.4. The summed E-state index contributed by atoms with van der Waals surface area (Å²) in [6.45, 7) is 0. The number of allylic oxidation sites excluding steroid dienone is 2. The topological polar surface area (TPSA) is 159 Å². The normalized spacial score (nSPS) is 34.0. The van der Waals surface area contributed by atoms with E-state index in [0.717, 1.165) is 10.0 Å². The van der Waals surface area contributed by atoms with Crippen molar-refractivity contribution in [3.8, 4) is 0 Å². The van der Waals surface area contributed by atoms with Gasteiger partial charge >= 0.3 is 0 Å². The number of amides is 6. The summed E-state index contributed by atoms with van der Waals surface area (Å²) in [6, 6.07) is 5.88. The van der Waals surface area contributed by atoms with Crippen molar-refractivity contribution in [1.82, 2.24) is 30.8 Å². The number of nitrogens with one attached hydrogen (secondary N) is 2. The lowest BCUT2D eigenvalue weighted by Crippen LogP contribution is -2.63. The highest BCUT2D eigenvalue weighted by Gasteiger charge is 2.75. The Hall–Kier alpha value is -4.74. The number of hydrazine groups is 2. The fourth-order valence-electron chi connectivity index (χ4n) is 7.16. The molecule has 8 atom stereocenters. The molecule has 2 saturated heterocycles. The highest BCUT2D eigenvalue weighted by molar-refractivity contribution is 6.11. The molecule has 0 spiro atoms. The number of fused-ring (bicyclic) bond motifs is 1. The quantitative estimate of drug-likeness (QED) is 0.419. The van der Waals surface area contributed by atoms with Crippen molar-refractivity contribution in [2.75, 3.05) is 0 Å². The van der Waals surface area contributed by atoms with Crippen molar-refractivity contribution in [3.05, 3.63) is 72.3 Å². The van der Waals surface area contributed by atoms with Gasteiger partial charge in [0, 0.05) is 35.9 Å². The summed E-state index contributed by atoms with van der Waals surface area (Å²) < 4.78 is 0. The standard InChI is InChI=1S/C26H20N6O6/c33-21(11-3-7-27-8-4-11)29-31-23(35)17-13-1-2-14(18(17)24(31)36)16-15(13)19-20(16)26(38)32(25(19)37)30-22(34)12-5-9-28-10-6-12/h1-10,13-20H,(H,29,33)(H,30,34)/t13-,14+,15+,16-,17+,18-,19-,20-/m0/s1. The van der Waals surface area contributed by atoms with E-state index >= 15 is 0 Å². The highest BCUT2D eigenvalue weighted by Crippen LogP contribution is 2.67. The van der Waals surface area contributed by atoms with E-state index in [1.165, 1.54) is 49.1 Å². The van der Waals surface area contributed by atoms with Gasteiger partial charge in [0.25, 0.3) is 35.4 Å². The van der Waals surface area contributed by atoms with Crippen LogP contribution in [0, 0.1) is 47.3 Å². The third kappa shape index (κ3) is 2.85. The fraction of sp³-hybridized carbons (Fsp3) is 0.308. The average molecular weight is 512 g/mol. The predicted molar refractivity (Wildman–Crippen MR) is 124 cm³/mol. The van der Waals surface area contributed by atoms with E-state index in [2.05, 4.69) is 20.8 Å². The number of pyridine rings is 2. The Morgan fingerprint density at radius 2 is 0.921 bits per heavy atom. The molecular weight excluding hydrogens is 492 g/mol. The summed E-state index contributed by atoms with van der Waals surface area (Å²) in [5, 5.41) is 1.58. The molecule has 2 aromatic rings. The lowest BCUT2D eigenvalue weighted by atomic mass is 9.40. The van der Waals surface area contributed by atoms with Crippen molar-refractivity contribution in [2.24, 2.45) is 47.3 Å². The number of rotatable bonds is 4. The third-order valence-electron chi connectivity index (χ3n) is 8.66. The van der Waals surface area contributed by atoms with Crippen molar-refractivity contribution in [3.63, 3.8) is 0 Å². The Kier molecular flexibility index (Phi) is 4.66. The highest BCUT2D eigenvalue weighted by atomic mass is 16.2. The second-order valence-corrected chi connectivity index (χ2v) is 10.2. The predicted octanol–water partition coefficient (Wildman–Crippen LogP) is -0.269. The number of carbonyl (C=O) groups is 6. The molecule has 2 bridgehead atoms. The van der Waals surface area contributed by atoms with Crippen LogP contribution >= 0.6 is 0 Å². The first-order valence-electron chi connectivity index (χ1n) is 12.2. The molecule has 190 valence electrons. The molecule has 38 heavy (non-hydrogen) atoms. The second-order valence-electron chi connectivity index (χ2n) is 10.2. The van der Waals surface area contributed by atoms with Gasteiger partial charge in [-0.1, -0.05) is 12.2 Å². The van der Waals surface area contributed by atoms with Gasteiger partial charge in [-0.3, -0.25) is 49.6 Å². The molecular formula is C26H20N6O6. The van der Waals surface area contributed by atoms with Gasteiger partial charge < -0.3 is 0 Å². The van der Waals surface area contributed by atoms with Crippen LogP contribution in [0.5, 0.6) is 0 Å². The minimum Gasteiger partial charge on any atom is -0.272 e. The number of hydrogen-bond donors (Lipinski definition) is 2. The summed E-state index contributed by atoms with van der Waals surface area (Å²) in [5.41, 5.74) is 5.34. The zero-order valence-electron chi connectivity index (χ0n) is 19.6. The maximum Gasteiger partial charge on any atom is 0.270 e. The van der Waals surface area contributed by atoms with Crippen LogP contribution in [-0.4, -0.2) is 55.4 Å². The first kappa shape index (κ1) is 22.5. The van der Waals surface area contributed by atoms with E-state index < -0.39 is 71.0 Å². The van der Waals surface area contributed by atoms with Crippen LogP contribution in [0.15, 0.2) is 61.2 Å². The number of nitrogens with zero attached hydrogens (tertiary/aromatic N) is 4. The van der Waals surface area contributed by atoms with Gasteiger partial charge in [-0.05, 0) is 47.9 Å². The summed E-state index contributed by atoms with van der Waals surface area (Å²) in [7, 11) is 0. The van der Waals surface area contributed by atoms with Crippen LogP contribution in [-0.2, 0) is 19.2 Å². The Balaban J connectivity index is 1.13. The molecule has 12 nitrogen and oxygen atoms in total. The van der Waals surface area contributed by atoms with Crippen LogP contribution in [0.4, 0.5) is 0 Å². The van der Waals surface area contributed by atoms with Crippen molar-refractivity contribution >= 4 is 35.4 Å². The monoisotopic (exact) mass is 512 g/mol. The number of imide groups is 2.